The largest absolute Gasteiger partial charge is 0.344 e. The van der Waals surface area contributed by atoms with Crippen molar-refractivity contribution in [3.05, 3.63) is 102 Å². The fourth-order valence-electron chi connectivity index (χ4n) is 4.14. The van der Waals surface area contributed by atoms with Crippen LogP contribution in [-0.2, 0) is 7.05 Å². The minimum Gasteiger partial charge on any atom is -0.344 e. The maximum atomic E-state index is 14.1. The number of benzene rings is 3. The number of amides is 1. The highest BCUT2D eigenvalue weighted by Crippen LogP contribution is 2.30. The molecule has 0 saturated carbocycles. The van der Waals surface area contributed by atoms with Gasteiger partial charge in [0.15, 0.2) is 0 Å². The molecule has 1 aromatic heterocycles. The van der Waals surface area contributed by atoms with Crippen molar-refractivity contribution in [2.75, 3.05) is 0 Å². The first-order chi connectivity index (χ1) is 16.5. The van der Waals surface area contributed by atoms with Gasteiger partial charge in [0, 0.05) is 24.2 Å². The minimum atomic E-state index is -0.724. The molecule has 0 fully saturated rings. The molecule has 0 bridgehead atoms. The number of hydrogen-bond acceptors (Lipinski definition) is 2. The Morgan fingerprint density at radius 1 is 0.941 bits per heavy atom. The van der Waals surface area contributed by atoms with Gasteiger partial charge >= 0.3 is 0 Å². The summed E-state index contributed by atoms with van der Waals surface area (Å²) in [5, 5.41) is 3.14. The molecule has 4 nitrogen and oxygen atoms in total. The van der Waals surface area contributed by atoms with E-state index in [1.165, 1.54) is 12.1 Å². The number of carbonyl (C=O) groups excluding carboxylic acids is 1. The number of nitrogens with one attached hydrogen (secondary N) is 1. The van der Waals surface area contributed by atoms with E-state index >= 15 is 0 Å². The van der Waals surface area contributed by atoms with Gasteiger partial charge in [0.1, 0.15) is 28.8 Å². The third-order valence-corrected chi connectivity index (χ3v) is 5.83. The normalized spacial score (nSPS) is 11.9. The summed E-state index contributed by atoms with van der Waals surface area (Å²) >= 11 is 0. The van der Waals surface area contributed by atoms with Gasteiger partial charge in [-0.15, -0.1) is 0 Å². The summed E-state index contributed by atoms with van der Waals surface area (Å²) in [4.78, 5) is 18.3. The number of aromatic nitrogens is 2. The van der Waals surface area contributed by atoms with E-state index in [-0.39, 0.29) is 28.9 Å². The maximum absolute atomic E-state index is 14.1. The topological polar surface area (TPSA) is 46.9 Å². The minimum absolute atomic E-state index is 0.194. The van der Waals surface area contributed by atoms with E-state index in [1.54, 1.807) is 11.6 Å². The molecule has 0 aliphatic rings. The molecule has 4 aromatic rings. The number of nitrogens with zero attached hydrogens (tertiary/aromatic N) is 2. The van der Waals surface area contributed by atoms with Crippen LogP contribution in [0.5, 0.6) is 0 Å². The molecule has 0 spiro atoms. The summed E-state index contributed by atoms with van der Waals surface area (Å²) in [6.07, 6.45) is 2.72. The van der Waals surface area contributed by atoms with Gasteiger partial charge in [-0.2, -0.15) is 0 Å². The van der Waals surface area contributed by atoms with Crippen LogP contribution in [0.1, 0.15) is 48.3 Å². The van der Waals surface area contributed by atoms with Gasteiger partial charge in [0.2, 0.25) is 0 Å². The summed E-state index contributed by atoms with van der Waals surface area (Å²) in [5.74, 6) is -1.26. The zero-order valence-electron chi connectivity index (χ0n) is 19.3. The van der Waals surface area contributed by atoms with Gasteiger partial charge in [0.05, 0.1) is 6.04 Å². The molecule has 1 amide bonds. The van der Waals surface area contributed by atoms with Crippen molar-refractivity contribution in [2.24, 2.45) is 7.05 Å². The van der Waals surface area contributed by atoms with Crippen LogP contribution in [0.4, 0.5) is 8.78 Å². The molecule has 0 radical (unpaired) electrons. The van der Waals surface area contributed by atoms with Crippen LogP contribution in [0.25, 0.3) is 22.6 Å². The Bertz CT molecular complexity index is 1250. The van der Waals surface area contributed by atoms with E-state index in [1.807, 2.05) is 60.7 Å². The molecular weight excluding hydrogens is 432 g/mol. The average Bonchev–Trinajstić information content (AvgIpc) is 3.19. The van der Waals surface area contributed by atoms with Crippen molar-refractivity contribution in [3.8, 4) is 22.6 Å². The Morgan fingerprint density at radius 2 is 1.56 bits per heavy atom. The monoisotopic (exact) mass is 459 g/mol. The van der Waals surface area contributed by atoms with Crippen LogP contribution < -0.4 is 5.32 Å². The quantitative estimate of drug-likeness (QED) is 0.319. The first kappa shape index (κ1) is 23.4. The highest BCUT2D eigenvalue weighted by Gasteiger charge is 2.26. The number of carbonyl (C=O) groups is 1. The Balaban J connectivity index is 1.80. The van der Waals surface area contributed by atoms with E-state index in [9.17, 15) is 13.6 Å². The summed E-state index contributed by atoms with van der Waals surface area (Å²) in [7, 11) is 1.74. The lowest BCUT2D eigenvalue weighted by atomic mass is 10.0. The average molecular weight is 460 g/mol. The van der Waals surface area contributed by atoms with Crippen LogP contribution in [-0.4, -0.2) is 15.5 Å². The number of hydrogen-bond donors (Lipinski definition) is 1. The first-order valence-electron chi connectivity index (χ1n) is 11.4. The Hall–Kier alpha value is -3.80. The maximum Gasteiger partial charge on any atom is 0.270 e. The van der Waals surface area contributed by atoms with Gasteiger partial charge in [0.25, 0.3) is 5.91 Å². The summed E-state index contributed by atoms with van der Waals surface area (Å²) < 4.78 is 29.8. The van der Waals surface area contributed by atoms with Crippen LogP contribution in [0.3, 0.4) is 0 Å². The molecule has 174 valence electrons. The van der Waals surface area contributed by atoms with Gasteiger partial charge in [-0.05, 0) is 24.1 Å². The van der Waals surface area contributed by atoms with Gasteiger partial charge < -0.3 is 9.88 Å². The highest BCUT2D eigenvalue weighted by atomic mass is 19.1. The third-order valence-electron chi connectivity index (χ3n) is 5.83. The second-order valence-corrected chi connectivity index (χ2v) is 8.29. The first-order valence-corrected chi connectivity index (χ1v) is 11.4. The predicted octanol–water partition coefficient (Wildman–Crippen LogP) is 6.69. The fraction of sp³-hybridized carbons (Fsp3) is 0.214. The van der Waals surface area contributed by atoms with E-state index in [2.05, 4.69) is 17.2 Å². The van der Waals surface area contributed by atoms with Crippen LogP contribution >= 0.6 is 0 Å². The summed E-state index contributed by atoms with van der Waals surface area (Å²) in [6, 6.07) is 22.2. The van der Waals surface area contributed by atoms with E-state index in [4.69, 9.17) is 0 Å². The third kappa shape index (κ3) is 5.06. The lowest BCUT2D eigenvalue weighted by molar-refractivity contribution is 0.0926. The molecule has 4 rings (SSSR count). The van der Waals surface area contributed by atoms with Gasteiger partial charge in [-0.1, -0.05) is 80.4 Å². The van der Waals surface area contributed by atoms with E-state index in [0.717, 1.165) is 36.5 Å². The number of imidazole rings is 1. The Kier molecular flexibility index (Phi) is 7.16. The molecular formula is C28H27F2N3O. The second-order valence-electron chi connectivity index (χ2n) is 8.29. The molecule has 34 heavy (non-hydrogen) atoms. The molecule has 1 unspecified atom stereocenters. The van der Waals surface area contributed by atoms with Crippen molar-refractivity contribution in [1.29, 1.82) is 0 Å². The number of rotatable bonds is 8. The van der Waals surface area contributed by atoms with E-state index < -0.39 is 11.6 Å². The van der Waals surface area contributed by atoms with E-state index in [0.29, 0.717) is 5.82 Å². The van der Waals surface area contributed by atoms with Crippen LogP contribution in [0.2, 0.25) is 0 Å². The van der Waals surface area contributed by atoms with Crippen molar-refractivity contribution in [2.45, 2.75) is 32.2 Å². The fourth-order valence-corrected chi connectivity index (χ4v) is 4.14. The summed E-state index contributed by atoms with van der Waals surface area (Å²) in [6.45, 7) is 2.10. The molecule has 0 aliphatic carbocycles. The second kappa shape index (κ2) is 10.4. The molecule has 1 atom stereocenters. The molecule has 0 aliphatic heterocycles. The molecule has 3 aromatic carbocycles. The highest BCUT2D eigenvalue weighted by molar-refractivity contribution is 5.99. The molecule has 0 saturated heterocycles. The number of halogens is 2. The zero-order chi connectivity index (χ0) is 24.1. The van der Waals surface area contributed by atoms with Crippen molar-refractivity contribution < 1.29 is 13.6 Å². The van der Waals surface area contributed by atoms with Crippen molar-refractivity contribution >= 4 is 5.91 Å². The van der Waals surface area contributed by atoms with Crippen molar-refractivity contribution in [3.63, 3.8) is 0 Å². The number of unbranched alkanes of at least 4 members (excludes halogenated alkanes) is 1. The van der Waals surface area contributed by atoms with Gasteiger partial charge in [-0.25, -0.2) is 13.8 Å². The molecule has 6 heteroatoms. The zero-order valence-corrected chi connectivity index (χ0v) is 19.3. The van der Waals surface area contributed by atoms with Crippen molar-refractivity contribution in [1.82, 2.24) is 14.9 Å². The summed E-state index contributed by atoms with van der Waals surface area (Å²) in [5.41, 5.74) is 2.51. The van der Waals surface area contributed by atoms with Crippen LogP contribution in [0.15, 0.2) is 78.9 Å². The van der Waals surface area contributed by atoms with Crippen LogP contribution in [0, 0.1) is 11.6 Å². The molecule has 1 N–H and O–H groups in total. The lowest BCUT2D eigenvalue weighted by Crippen LogP contribution is -2.30. The Labute approximate surface area is 198 Å². The predicted molar refractivity (Wildman–Crippen MR) is 130 cm³/mol. The Morgan fingerprint density at radius 3 is 2.18 bits per heavy atom. The standard InChI is InChI=1S/C28H27F2N3O/c1-3-4-15-24(19-11-7-5-8-12-19)31-28(34)26-25(21-16-22(29)18-23(30)17-21)32-27(33(26)2)20-13-9-6-10-14-20/h5-14,16-18,24H,3-4,15H2,1-2H3,(H,31,34). The lowest BCUT2D eigenvalue weighted by Gasteiger charge is -2.20. The SMILES string of the molecule is CCCCC(NC(=O)c1c(-c2cc(F)cc(F)c2)nc(-c2ccccc2)n1C)c1ccccc1. The molecule has 1 heterocycles. The smallest absolute Gasteiger partial charge is 0.270 e. The van der Waals surface area contributed by atoms with Gasteiger partial charge in [-0.3, -0.25) is 4.79 Å².